The third-order valence-corrected chi connectivity index (χ3v) is 2.09. The molecule has 0 aliphatic carbocycles. The van der Waals surface area contributed by atoms with Crippen LogP contribution in [-0.4, -0.2) is 12.5 Å². The van der Waals surface area contributed by atoms with Gasteiger partial charge in [0, 0.05) is 17.4 Å². The molecule has 1 aromatic carbocycles. The fourth-order valence-electron chi connectivity index (χ4n) is 1.29. The zero-order chi connectivity index (χ0) is 11.1. The Balaban J connectivity index is 2.67. The molecule has 5 heteroatoms. The maximum atomic E-state index is 11.0. The van der Waals surface area contributed by atoms with Gasteiger partial charge in [0.2, 0.25) is 5.91 Å². The minimum Gasteiger partial charge on any atom is -0.369 e. The summed E-state index contributed by atoms with van der Waals surface area (Å²) in [6.45, 7) is 0.112. The van der Waals surface area contributed by atoms with Crippen molar-refractivity contribution in [1.82, 2.24) is 0 Å². The van der Waals surface area contributed by atoms with Gasteiger partial charge in [0.15, 0.2) is 0 Å². The number of hydrogen-bond acceptors (Lipinski definition) is 2. The van der Waals surface area contributed by atoms with Crippen LogP contribution in [0.1, 0.15) is 5.56 Å². The van der Waals surface area contributed by atoms with Crippen molar-refractivity contribution in [2.45, 2.75) is 6.42 Å². The van der Waals surface area contributed by atoms with Crippen LogP contribution in [0, 0.1) is 5.92 Å². The van der Waals surface area contributed by atoms with Crippen LogP contribution in [-0.2, 0) is 11.2 Å². The Kier molecular flexibility index (Phi) is 4.19. The molecule has 0 saturated heterocycles. The summed E-state index contributed by atoms with van der Waals surface area (Å²) < 4.78 is 0. The smallest absolute Gasteiger partial charge is 0.220 e. The summed E-state index contributed by atoms with van der Waals surface area (Å²) in [6, 6.07) is 9.50. The quantitative estimate of drug-likeness (QED) is 0.440. The number of nitrogens with two attached hydrogens (primary N) is 1. The van der Waals surface area contributed by atoms with E-state index < -0.39 is 11.8 Å². The van der Waals surface area contributed by atoms with Gasteiger partial charge in [-0.2, -0.15) is 0 Å². The molecule has 15 heavy (non-hydrogen) atoms. The Hall–Kier alpha value is -2.00. The molecule has 1 amide bonds. The maximum absolute atomic E-state index is 11.0. The lowest BCUT2D eigenvalue weighted by atomic mass is 9.99. The zero-order valence-electron chi connectivity index (χ0n) is 8.21. The van der Waals surface area contributed by atoms with Crippen molar-refractivity contribution < 1.29 is 4.79 Å². The van der Waals surface area contributed by atoms with Crippen molar-refractivity contribution in [2.24, 2.45) is 16.8 Å². The van der Waals surface area contributed by atoms with Gasteiger partial charge in [-0.15, -0.1) is 0 Å². The lowest BCUT2D eigenvalue weighted by Crippen LogP contribution is -2.27. The number of benzene rings is 1. The minimum absolute atomic E-state index is 0.112. The van der Waals surface area contributed by atoms with E-state index in [1.54, 1.807) is 0 Å². The average Bonchev–Trinajstić information content (AvgIpc) is 2.25. The lowest BCUT2D eigenvalue weighted by Gasteiger charge is -2.09. The van der Waals surface area contributed by atoms with Crippen molar-refractivity contribution >= 4 is 5.91 Å². The van der Waals surface area contributed by atoms with E-state index in [0.717, 1.165) is 5.56 Å². The first-order valence-corrected chi connectivity index (χ1v) is 4.58. The largest absolute Gasteiger partial charge is 0.369 e. The predicted octanol–water partition coefficient (Wildman–Crippen LogP) is 1.64. The number of carbonyl (C=O) groups is 1. The molecule has 1 unspecified atom stereocenters. The third kappa shape index (κ3) is 3.70. The number of azide groups is 1. The van der Waals surface area contributed by atoms with Gasteiger partial charge >= 0.3 is 0 Å². The summed E-state index contributed by atoms with van der Waals surface area (Å²) in [6.07, 6.45) is 0.509. The van der Waals surface area contributed by atoms with Crippen LogP contribution >= 0.6 is 0 Å². The first-order valence-electron chi connectivity index (χ1n) is 4.58. The van der Waals surface area contributed by atoms with Gasteiger partial charge in [-0.25, -0.2) is 0 Å². The van der Waals surface area contributed by atoms with Crippen LogP contribution < -0.4 is 5.73 Å². The summed E-state index contributed by atoms with van der Waals surface area (Å²) >= 11 is 0. The molecule has 0 aromatic heterocycles. The van der Waals surface area contributed by atoms with Crippen molar-refractivity contribution in [2.75, 3.05) is 6.54 Å². The SMILES string of the molecule is [N-]=[N+]=NCC(Cc1ccccc1)C(N)=O. The van der Waals surface area contributed by atoms with E-state index in [1.807, 2.05) is 30.3 Å². The summed E-state index contributed by atoms with van der Waals surface area (Å²) in [4.78, 5) is 13.7. The normalized spacial score (nSPS) is 11.5. The molecule has 0 saturated carbocycles. The van der Waals surface area contributed by atoms with Gasteiger partial charge < -0.3 is 5.73 Å². The topological polar surface area (TPSA) is 91.8 Å². The standard InChI is InChI=1S/C10H12N4O/c11-10(15)9(7-13-14-12)6-8-4-2-1-3-5-8/h1-5,9H,6-7H2,(H2,11,15). The number of rotatable bonds is 5. The Morgan fingerprint density at radius 2 is 2.13 bits per heavy atom. The second kappa shape index (κ2) is 5.67. The third-order valence-electron chi connectivity index (χ3n) is 2.09. The van der Waals surface area contributed by atoms with Crippen LogP contribution in [0.15, 0.2) is 35.4 Å². The fourth-order valence-corrected chi connectivity index (χ4v) is 1.29. The molecule has 0 bridgehead atoms. The van der Waals surface area contributed by atoms with Gasteiger partial charge in [-0.1, -0.05) is 35.4 Å². The molecular formula is C10H12N4O. The van der Waals surface area contributed by atoms with E-state index in [2.05, 4.69) is 10.0 Å². The molecule has 0 aliphatic rings. The van der Waals surface area contributed by atoms with E-state index in [0.29, 0.717) is 6.42 Å². The van der Waals surface area contributed by atoms with E-state index in [1.165, 1.54) is 0 Å². The second-order valence-corrected chi connectivity index (χ2v) is 3.20. The molecular weight excluding hydrogens is 192 g/mol. The fraction of sp³-hybridized carbons (Fsp3) is 0.300. The Morgan fingerprint density at radius 3 is 2.67 bits per heavy atom. The van der Waals surface area contributed by atoms with Crippen LogP contribution in [0.25, 0.3) is 10.4 Å². The van der Waals surface area contributed by atoms with Crippen LogP contribution in [0.5, 0.6) is 0 Å². The van der Waals surface area contributed by atoms with Gasteiger partial charge in [0.1, 0.15) is 0 Å². The van der Waals surface area contributed by atoms with Crippen molar-refractivity contribution in [3.8, 4) is 0 Å². The summed E-state index contributed by atoms with van der Waals surface area (Å²) in [5.74, 6) is -0.866. The minimum atomic E-state index is -0.439. The number of primary amides is 1. The average molecular weight is 204 g/mol. The molecule has 78 valence electrons. The van der Waals surface area contributed by atoms with Gasteiger partial charge in [0.25, 0.3) is 0 Å². The lowest BCUT2D eigenvalue weighted by molar-refractivity contribution is -0.121. The molecule has 1 rings (SSSR count). The van der Waals surface area contributed by atoms with Crippen LogP contribution in [0.2, 0.25) is 0 Å². The van der Waals surface area contributed by atoms with Crippen molar-refractivity contribution in [3.05, 3.63) is 46.3 Å². The number of hydrogen-bond donors (Lipinski definition) is 1. The van der Waals surface area contributed by atoms with E-state index in [-0.39, 0.29) is 6.54 Å². The molecule has 0 radical (unpaired) electrons. The second-order valence-electron chi connectivity index (χ2n) is 3.20. The van der Waals surface area contributed by atoms with E-state index >= 15 is 0 Å². The highest BCUT2D eigenvalue weighted by atomic mass is 16.1. The Morgan fingerprint density at radius 1 is 1.47 bits per heavy atom. The van der Waals surface area contributed by atoms with Crippen LogP contribution in [0.4, 0.5) is 0 Å². The summed E-state index contributed by atoms with van der Waals surface area (Å²) in [5, 5.41) is 3.37. The van der Waals surface area contributed by atoms with Crippen molar-refractivity contribution in [1.29, 1.82) is 0 Å². The molecule has 0 heterocycles. The first-order chi connectivity index (χ1) is 7.24. The number of carbonyl (C=O) groups excluding carboxylic acids is 1. The number of nitrogens with zero attached hydrogens (tertiary/aromatic N) is 3. The molecule has 0 fully saturated rings. The summed E-state index contributed by atoms with van der Waals surface area (Å²) in [5.41, 5.74) is 14.4. The maximum Gasteiger partial charge on any atom is 0.220 e. The molecule has 5 nitrogen and oxygen atoms in total. The number of amides is 1. The highest BCUT2D eigenvalue weighted by molar-refractivity contribution is 5.77. The first kappa shape index (κ1) is 11.1. The molecule has 0 spiro atoms. The Labute approximate surface area is 87.5 Å². The van der Waals surface area contributed by atoms with E-state index in [9.17, 15) is 4.79 Å². The Bertz CT molecular complexity index is 370. The monoisotopic (exact) mass is 204 g/mol. The summed E-state index contributed by atoms with van der Waals surface area (Å²) in [7, 11) is 0. The molecule has 2 N–H and O–H groups in total. The molecule has 1 aromatic rings. The zero-order valence-corrected chi connectivity index (χ0v) is 8.21. The highest BCUT2D eigenvalue weighted by Crippen LogP contribution is 2.08. The molecule has 0 aliphatic heterocycles. The highest BCUT2D eigenvalue weighted by Gasteiger charge is 2.14. The van der Waals surface area contributed by atoms with E-state index in [4.69, 9.17) is 11.3 Å². The van der Waals surface area contributed by atoms with Gasteiger partial charge in [-0.05, 0) is 17.5 Å². The van der Waals surface area contributed by atoms with Gasteiger partial charge in [0.05, 0.1) is 0 Å². The van der Waals surface area contributed by atoms with Crippen molar-refractivity contribution in [3.63, 3.8) is 0 Å². The molecule has 1 atom stereocenters. The van der Waals surface area contributed by atoms with Crippen LogP contribution in [0.3, 0.4) is 0 Å². The van der Waals surface area contributed by atoms with Gasteiger partial charge in [-0.3, -0.25) is 4.79 Å². The predicted molar refractivity (Wildman–Crippen MR) is 56.8 cm³/mol.